The van der Waals surface area contributed by atoms with Crippen LogP contribution in [-0.4, -0.2) is 47.2 Å². The maximum absolute atomic E-state index is 12.4. The third-order valence-electron chi connectivity index (χ3n) is 3.06. The molecule has 0 saturated carbocycles. The van der Waals surface area contributed by atoms with Crippen molar-refractivity contribution >= 4 is 16.0 Å². The van der Waals surface area contributed by atoms with E-state index in [4.69, 9.17) is 5.11 Å². The highest BCUT2D eigenvalue weighted by atomic mass is 32.2. The number of rotatable bonds is 5. The number of carboxylic acid groups (broad SMARTS) is 1. The number of nitrogens with zero attached hydrogens (tertiary/aromatic N) is 3. The second kappa shape index (κ2) is 5.30. The number of carbonyl (C=O) groups is 1. The van der Waals surface area contributed by atoms with Crippen LogP contribution in [-0.2, 0) is 21.9 Å². The van der Waals surface area contributed by atoms with E-state index < -0.39 is 21.9 Å². The van der Waals surface area contributed by atoms with Crippen molar-refractivity contribution in [3.05, 3.63) is 11.4 Å². The van der Waals surface area contributed by atoms with Gasteiger partial charge in [-0.3, -0.25) is 9.48 Å². The molecular weight excluding hydrogens is 270 g/mol. The number of aliphatic carboxylic acids is 1. The smallest absolute Gasteiger partial charge is 0.307 e. The summed E-state index contributed by atoms with van der Waals surface area (Å²) in [6.45, 7) is 4.68. The fourth-order valence-corrected chi connectivity index (χ4v) is 3.50. The number of aromatic nitrogens is 2. The first-order valence-electron chi connectivity index (χ1n) is 5.78. The summed E-state index contributed by atoms with van der Waals surface area (Å²) >= 11 is 0. The van der Waals surface area contributed by atoms with Gasteiger partial charge in [-0.05, 0) is 13.8 Å². The number of hydrogen-bond donors (Lipinski definition) is 1. The first-order chi connectivity index (χ1) is 8.59. The topological polar surface area (TPSA) is 92.5 Å². The Morgan fingerprint density at radius 3 is 2.37 bits per heavy atom. The van der Waals surface area contributed by atoms with Crippen molar-refractivity contribution in [3.63, 3.8) is 0 Å². The van der Waals surface area contributed by atoms with E-state index in [1.807, 2.05) is 0 Å². The van der Waals surface area contributed by atoms with Crippen LogP contribution in [0, 0.1) is 19.8 Å². The summed E-state index contributed by atoms with van der Waals surface area (Å²) < 4.78 is 27.4. The Hall–Kier alpha value is -1.41. The van der Waals surface area contributed by atoms with Crippen LogP contribution in [0.1, 0.15) is 18.3 Å². The van der Waals surface area contributed by atoms with Crippen LogP contribution < -0.4 is 0 Å². The summed E-state index contributed by atoms with van der Waals surface area (Å²) in [6.07, 6.45) is 0. The molecule has 0 aliphatic heterocycles. The molecule has 1 heterocycles. The van der Waals surface area contributed by atoms with E-state index in [9.17, 15) is 13.2 Å². The van der Waals surface area contributed by atoms with Gasteiger partial charge in [0.1, 0.15) is 4.90 Å². The summed E-state index contributed by atoms with van der Waals surface area (Å²) in [4.78, 5) is 10.9. The minimum atomic E-state index is -3.72. The zero-order chi connectivity index (χ0) is 15.0. The van der Waals surface area contributed by atoms with Gasteiger partial charge in [0.2, 0.25) is 10.0 Å². The van der Waals surface area contributed by atoms with Crippen molar-refractivity contribution in [1.29, 1.82) is 0 Å². The first kappa shape index (κ1) is 15.6. The molecule has 1 aromatic rings. The Kier molecular flexibility index (Phi) is 4.36. The minimum absolute atomic E-state index is 0.0779. The van der Waals surface area contributed by atoms with Crippen molar-refractivity contribution in [3.8, 4) is 0 Å². The van der Waals surface area contributed by atoms with Crippen LogP contribution in [0.15, 0.2) is 4.90 Å². The summed E-state index contributed by atoms with van der Waals surface area (Å²) in [7, 11) is -0.678. The average Bonchev–Trinajstić information content (AvgIpc) is 2.52. The molecule has 108 valence electrons. The zero-order valence-corrected chi connectivity index (χ0v) is 12.5. The normalized spacial score (nSPS) is 13.8. The highest BCUT2D eigenvalue weighted by Crippen LogP contribution is 2.22. The van der Waals surface area contributed by atoms with Crippen LogP contribution in [0.3, 0.4) is 0 Å². The zero-order valence-electron chi connectivity index (χ0n) is 11.7. The van der Waals surface area contributed by atoms with Crippen molar-refractivity contribution in [2.45, 2.75) is 25.7 Å². The Bertz CT molecular complexity index is 591. The van der Waals surface area contributed by atoms with E-state index >= 15 is 0 Å². The third-order valence-corrected chi connectivity index (χ3v) is 5.14. The number of carboxylic acids is 1. The molecule has 0 spiro atoms. The SMILES string of the molecule is Cc1nn(C)c(C)c1S(=O)(=O)N(C)CC(C)C(=O)O. The largest absolute Gasteiger partial charge is 0.481 e. The van der Waals surface area contributed by atoms with Gasteiger partial charge in [0.15, 0.2) is 0 Å². The molecule has 0 aromatic carbocycles. The van der Waals surface area contributed by atoms with Crippen molar-refractivity contribution in [2.75, 3.05) is 13.6 Å². The van der Waals surface area contributed by atoms with Crippen molar-refractivity contribution < 1.29 is 18.3 Å². The van der Waals surface area contributed by atoms with Gasteiger partial charge >= 0.3 is 5.97 Å². The van der Waals surface area contributed by atoms with Gasteiger partial charge in [0.25, 0.3) is 0 Å². The molecule has 7 nitrogen and oxygen atoms in total. The second-order valence-electron chi connectivity index (χ2n) is 4.65. The summed E-state index contributed by atoms with van der Waals surface area (Å²) in [6, 6.07) is 0. The Morgan fingerprint density at radius 2 is 2.00 bits per heavy atom. The maximum Gasteiger partial charge on any atom is 0.307 e. The molecule has 0 saturated heterocycles. The van der Waals surface area contributed by atoms with Gasteiger partial charge in [-0.2, -0.15) is 9.40 Å². The molecule has 0 radical (unpaired) electrons. The molecule has 1 rings (SSSR count). The lowest BCUT2D eigenvalue weighted by Gasteiger charge is -2.19. The fraction of sp³-hybridized carbons (Fsp3) is 0.636. The monoisotopic (exact) mass is 289 g/mol. The van der Waals surface area contributed by atoms with E-state index in [0.717, 1.165) is 4.31 Å². The van der Waals surface area contributed by atoms with Gasteiger partial charge in [-0.1, -0.05) is 6.92 Å². The average molecular weight is 289 g/mol. The molecule has 19 heavy (non-hydrogen) atoms. The van der Waals surface area contributed by atoms with Crippen LogP contribution >= 0.6 is 0 Å². The lowest BCUT2D eigenvalue weighted by Crippen LogP contribution is -2.34. The van der Waals surface area contributed by atoms with Gasteiger partial charge in [-0.15, -0.1) is 0 Å². The molecule has 0 fully saturated rings. The molecule has 0 aliphatic rings. The highest BCUT2D eigenvalue weighted by Gasteiger charge is 2.30. The van der Waals surface area contributed by atoms with E-state index in [2.05, 4.69) is 5.10 Å². The predicted molar refractivity (Wildman–Crippen MR) is 69.3 cm³/mol. The molecular formula is C11H19N3O4S. The molecule has 0 bridgehead atoms. The molecule has 0 aliphatic carbocycles. The van der Waals surface area contributed by atoms with Crippen LogP contribution in [0.25, 0.3) is 0 Å². The molecule has 1 unspecified atom stereocenters. The van der Waals surface area contributed by atoms with E-state index in [1.54, 1.807) is 20.9 Å². The molecule has 0 amide bonds. The van der Waals surface area contributed by atoms with Crippen molar-refractivity contribution in [2.24, 2.45) is 13.0 Å². The second-order valence-corrected chi connectivity index (χ2v) is 6.63. The Morgan fingerprint density at radius 1 is 1.47 bits per heavy atom. The minimum Gasteiger partial charge on any atom is -0.481 e. The number of aryl methyl sites for hydroxylation is 2. The predicted octanol–water partition coefficient (Wildman–Crippen LogP) is 0.378. The van der Waals surface area contributed by atoms with Gasteiger partial charge < -0.3 is 5.11 Å². The van der Waals surface area contributed by atoms with Crippen LogP contribution in [0.5, 0.6) is 0 Å². The molecule has 1 atom stereocenters. The highest BCUT2D eigenvalue weighted by molar-refractivity contribution is 7.89. The van der Waals surface area contributed by atoms with Crippen molar-refractivity contribution in [1.82, 2.24) is 14.1 Å². The Balaban J connectivity index is 3.14. The molecule has 8 heteroatoms. The Labute approximate surface area is 112 Å². The molecule has 1 N–H and O–H groups in total. The van der Waals surface area contributed by atoms with Crippen LogP contribution in [0.2, 0.25) is 0 Å². The van der Waals surface area contributed by atoms with E-state index in [0.29, 0.717) is 11.4 Å². The lowest BCUT2D eigenvalue weighted by atomic mass is 10.2. The van der Waals surface area contributed by atoms with Gasteiger partial charge in [-0.25, -0.2) is 8.42 Å². The standard InChI is InChI=1S/C11H19N3O4S/c1-7(11(15)16)6-13(4)19(17,18)10-8(2)12-14(5)9(10)3/h7H,6H2,1-5H3,(H,15,16). The van der Waals surface area contributed by atoms with Gasteiger partial charge in [0.05, 0.1) is 17.3 Å². The lowest BCUT2D eigenvalue weighted by molar-refractivity contribution is -0.141. The summed E-state index contributed by atoms with van der Waals surface area (Å²) in [5, 5.41) is 12.9. The van der Waals surface area contributed by atoms with E-state index in [1.165, 1.54) is 18.7 Å². The third kappa shape index (κ3) is 2.95. The summed E-state index contributed by atoms with van der Waals surface area (Å²) in [5.74, 6) is -1.79. The maximum atomic E-state index is 12.4. The quantitative estimate of drug-likeness (QED) is 0.846. The number of sulfonamides is 1. The first-order valence-corrected chi connectivity index (χ1v) is 7.22. The van der Waals surface area contributed by atoms with Gasteiger partial charge in [0, 0.05) is 20.6 Å². The fourth-order valence-electron chi connectivity index (χ4n) is 1.85. The van der Waals surface area contributed by atoms with E-state index in [-0.39, 0.29) is 11.4 Å². The summed E-state index contributed by atoms with van der Waals surface area (Å²) in [5.41, 5.74) is 0.946. The number of hydrogen-bond acceptors (Lipinski definition) is 4. The molecule has 1 aromatic heterocycles. The van der Waals surface area contributed by atoms with Crippen LogP contribution in [0.4, 0.5) is 0 Å².